The molecule has 0 unspecified atom stereocenters. The van der Waals surface area contributed by atoms with Crippen LogP contribution in [0.1, 0.15) is 12.0 Å². The highest BCUT2D eigenvalue weighted by Gasteiger charge is 2.26. The molecule has 0 radical (unpaired) electrons. The Kier molecular flexibility index (Phi) is 4.44. The fourth-order valence-electron chi connectivity index (χ4n) is 2.21. The fourth-order valence-corrected chi connectivity index (χ4v) is 2.21. The van der Waals surface area contributed by atoms with Gasteiger partial charge in [0.15, 0.2) is 11.5 Å². The van der Waals surface area contributed by atoms with E-state index < -0.39 is 0 Å². The molecule has 1 saturated heterocycles. The van der Waals surface area contributed by atoms with Crippen LogP contribution in [-0.4, -0.2) is 50.0 Å². The minimum absolute atomic E-state index is 0.197. The number of nitrogens with zero attached hydrogens (tertiary/aromatic N) is 1. The monoisotopic (exact) mass is 251 g/mol. The zero-order valence-corrected chi connectivity index (χ0v) is 11.1. The Morgan fingerprint density at radius 1 is 1.39 bits per heavy atom. The number of likely N-dealkylation sites (N-methyl/N-ethyl adjacent to an activating group) is 1. The molecule has 1 aliphatic heterocycles. The minimum atomic E-state index is 0.197. The van der Waals surface area contributed by atoms with E-state index >= 15 is 0 Å². The summed E-state index contributed by atoms with van der Waals surface area (Å²) < 4.78 is 11.4. The number of para-hydroxylation sites is 1. The van der Waals surface area contributed by atoms with Crippen LogP contribution in [0.3, 0.4) is 0 Å². The molecule has 1 fully saturated rings. The maximum absolute atomic E-state index is 8.94. The standard InChI is InChI=1S/C14H21NO3/c1-15-9-12(10-15)18-14-11(6-4-8-16)5-3-7-13(14)17-2/h3,5,7,12,16H,4,6,8-10H2,1-2H3. The lowest BCUT2D eigenvalue weighted by Gasteiger charge is -2.36. The van der Waals surface area contributed by atoms with E-state index in [9.17, 15) is 0 Å². The Balaban J connectivity index is 2.12. The molecule has 4 nitrogen and oxygen atoms in total. The number of hydrogen-bond acceptors (Lipinski definition) is 4. The Morgan fingerprint density at radius 3 is 2.78 bits per heavy atom. The average molecular weight is 251 g/mol. The van der Waals surface area contributed by atoms with E-state index in [1.54, 1.807) is 7.11 Å². The number of aliphatic hydroxyl groups excluding tert-OH is 1. The smallest absolute Gasteiger partial charge is 0.164 e. The molecule has 0 spiro atoms. The van der Waals surface area contributed by atoms with Gasteiger partial charge in [-0.2, -0.15) is 0 Å². The third-order valence-electron chi connectivity index (χ3n) is 3.20. The van der Waals surface area contributed by atoms with Crippen molar-refractivity contribution in [3.8, 4) is 11.5 Å². The Morgan fingerprint density at radius 2 is 2.17 bits per heavy atom. The van der Waals surface area contributed by atoms with Gasteiger partial charge in [-0.05, 0) is 31.5 Å². The number of rotatable bonds is 6. The van der Waals surface area contributed by atoms with Gasteiger partial charge < -0.3 is 14.6 Å². The number of methoxy groups -OCH3 is 1. The third-order valence-corrected chi connectivity index (χ3v) is 3.20. The minimum Gasteiger partial charge on any atom is -0.493 e. The van der Waals surface area contributed by atoms with Crippen LogP contribution in [0.4, 0.5) is 0 Å². The summed E-state index contributed by atoms with van der Waals surface area (Å²) in [6.07, 6.45) is 1.80. The molecular weight excluding hydrogens is 230 g/mol. The van der Waals surface area contributed by atoms with Gasteiger partial charge in [-0.3, -0.25) is 4.90 Å². The largest absolute Gasteiger partial charge is 0.493 e. The van der Waals surface area contributed by atoms with Crippen molar-refractivity contribution in [2.24, 2.45) is 0 Å². The summed E-state index contributed by atoms with van der Waals surface area (Å²) in [5.41, 5.74) is 1.11. The molecule has 0 bridgehead atoms. The summed E-state index contributed by atoms with van der Waals surface area (Å²) in [5.74, 6) is 1.62. The van der Waals surface area contributed by atoms with Crippen molar-refractivity contribution in [2.75, 3.05) is 33.9 Å². The van der Waals surface area contributed by atoms with E-state index in [2.05, 4.69) is 11.9 Å². The predicted octanol–water partition coefficient (Wildman–Crippen LogP) is 1.31. The van der Waals surface area contributed by atoms with E-state index in [1.165, 1.54) is 0 Å². The quantitative estimate of drug-likeness (QED) is 0.828. The molecule has 2 rings (SSSR count). The molecule has 0 saturated carbocycles. The molecule has 4 heteroatoms. The van der Waals surface area contributed by atoms with Crippen LogP contribution in [0.2, 0.25) is 0 Å². The van der Waals surface area contributed by atoms with E-state index in [4.69, 9.17) is 14.6 Å². The second-order valence-corrected chi connectivity index (χ2v) is 4.74. The topological polar surface area (TPSA) is 41.9 Å². The second kappa shape index (κ2) is 6.07. The first-order valence-electron chi connectivity index (χ1n) is 6.36. The summed E-state index contributed by atoms with van der Waals surface area (Å²) in [6, 6.07) is 5.92. The van der Waals surface area contributed by atoms with Crippen LogP contribution in [-0.2, 0) is 6.42 Å². The molecule has 1 aromatic rings. The third kappa shape index (κ3) is 2.94. The predicted molar refractivity (Wildman–Crippen MR) is 70.3 cm³/mol. The van der Waals surface area contributed by atoms with Gasteiger partial charge in [0.1, 0.15) is 6.10 Å². The van der Waals surface area contributed by atoms with Crippen LogP contribution >= 0.6 is 0 Å². The highest BCUT2D eigenvalue weighted by molar-refractivity contribution is 5.47. The number of hydrogen-bond donors (Lipinski definition) is 1. The summed E-state index contributed by atoms with van der Waals surface area (Å²) in [4.78, 5) is 2.22. The van der Waals surface area contributed by atoms with E-state index in [0.29, 0.717) is 0 Å². The number of likely N-dealkylation sites (tertiary alicyclic amines) is 1. The summed E-state index contributed by atoms with van der Waals surface area (Å²) in [7, 11) is 3.74. The van der Waals surface area contributed by atoms with Gasteiger partial charge >= 0.3 is 0 Å². The zero-order valence-electron chi connectivity index (χ0n) is 11.1. The molecule has 1 aliphatic rings. The molecule has 0 amide bonds. The Hall–Kier alpha value is -1.26. The lowest BCUT2D eigenvalue weighted by atomic mass is 10.1. The molecule has 1 N–H and O–H groups in total. The molecule has 1 heterocycles. The van der Waals surface area contributed by atoms with Gasteiger partial charge in [-0.25, -0.2) is 0 Å². The number of benzene rings is 1. The lowest BCUT2D eigenvalue weighted by molar-refractivity contribution is 0.0362. The van der Waals surface area contributed by atoms with E-state index in [1.807, 2.05) is 18.2 Å². The summed E-state index contributed by atoms with van der Waals surface area (Å²) in [5, 5.41) is 8.94. The molecule has 0 aromatic heterocycles. The average Bonchev–Trinajstić information content (AvgIpc) is 2.35. The first kappa shape index (κ1) is 13.2. The van der Waals surface area contributed by atoms with Gasteiger partial charge in [-0.15, -0.1) is 0 Å². The number of ether oxygens (including phenoxy) is 2. The zero-order chi connectivity index (χ0) is 13.0. The molecular formula is C14H21NO3. The van der Waals surface area contributed by atoms with Crippen molar-refractivity contribution in [1.29, 1.82) is 0 Å². The van der Waals surface area contributed by atoms with Crippen molar-refractivity contribution >= 4 is 0 Å². The van der Waals surface area contributed by atoms with Crippen molar-refractivity contribution in [2.45, 2.75) is 18.9 Å². The van der Waals surface area contributed by atoms with Crippen molar-refractivity contribution in [3.05, 3.63) is 23.8 Å². The van der Waals surface area contributed by atoms with Gasteiger partial charge in [0.25, 0.3) is 0 Å². The van der Waals surface area contributed by atoms with Crippen molar-refractivity contribution in [1.82, 2.24) is 4.90 Å². The van der Waals surface area contributed by atoms with Crippen LogP contribution in [0.25, 0.3) is 0 Å². The first-order chi connectivity index (χ1) is 8.74. The Bertz CT molecular complexity index is 389. The van der Waals surface area contributed by atoms with Gasteiger partial charge in [-0.1, -0.05) is 12.1 Å². The normalized spacial score (nSPS) is 16.4. The second-order valence-electron chi connectivity index (χ2n) is 4.74. The van der Waals surface area contributed by atoms with Crippen LogP contribution in [0.15, 0.2) is 18.2 Å². The van der Waals surface area contributed by atoms with Crippen molar-refractivity contribution in [3.63, 3.8) is 0 Å². The van der Waals surface area contributed by atoms with Gasteiger partial charge in [0.05, 0.1) is 7.11 Å². The maximum Gasteiger partial charge on any atom is 0.164 e. The molecule has 100 valence electrons. The number of aryl methyl sites for hydroxylation is 1. The molecule has 1 aromatic carbocycles. The van der Waals surface area contributed by atoms with Crippen LogP contribution < -0.4 is 9.47 Å². The highest BCUT2D eigenvalue weighted by atomic mass is 16.5. The lowest BCUT2D eigenvalue weighted by Crippen LogP contribution is -2.51. The highest BCUT2D eigenvalue weighted by Crippen LogP contribution is 2.33. The summed E-state index contributed by atoms with van der Waals surface area (Å²) >= 11 is 0. The Labute approximate surface area is 108 Å². The van der Waals surface area contributed by atoms with Gasteiger partial charge in [0, 0.05) is 19.7 Å². The number of aliphatic hydroxyl groups is 1. The first-order valence-corrected chi connectivity index (χ1v) is 6.36. The molecule has 18 heavy (non-hydrogen) atoms. The van der Waals surface area contributed by atoms with Gasteiger partial charge in [0.2, 0.25) is 0 Å². The van der Waals surface area contributed by atoms with Crippen molar-refractivity contribution < 1.29 is 14.6 Å². The SMILES string of the molecule is COc1cccc(CCCO)c1OC1CN(C)C1. The van der Waals surface area contributed by atoms with E-state index in [-0.39, 0.29) is 12.7 Å². The molecule has 0 atom stereocenters. The van der Waals surface area contributed by atoms with Crippen LogP contribution in [0.5, 0.6) is 11.5 Å². The fraction of sp³-hybridized carbons (Fsp3) is 0.571. The van der Waals surface area contributed by atoms with Crippen LogP contribution in [0, 0.1) is 0 Å². The maximum atomic E-state index is 8.94. The summed E-state index contributed by atoms with van der Waals surface area (Å²) in [6.45, 7) is 2.11. The molecule has 0 aliphatic carbocycles. The van der Waals surface area contributed by atoms with E-state index in [0.717, 1.165) is 43.0 Å².